The largest absolute Gasteiger partial charge is 0.388 e. The van der Waals surface area contributed by atoms with Gasteiger partial charge in [0.1, 0.15) is 0 Å². The Balaban J connectivity index is 1.49. The highest BCUT2D eigenvalue weighted by Crippen LogP contribution is 2.28. The molecule has 6 heteroatoms. The van der Waals surface area contributed by atoms with Crippen molar-refractivity contribution in [3.05, 3.63) is 0 Å². The van der Waals surface area contributed by atoms with E-state index in [-0.39, 0.29) is 0 Å². The highest BCUT2D eigenvalue weighted by Gasteiger charge is 2.30. The summed E-state index contributed by atoms with van der Waals surface area (Å²) in [5.41, 5.74) is -0.580. The number of nitrogens with zero attached hydrogens (tertiary/aromatic N) is 3. The summed E-state index contributed by atoms with van der Waals surface area (Å²) in [6, 6.07) is 0. The maximum atomic E-state index is 10.7. The summed E-state index contributed by atoms with van der Waals surface area (Å²) in [5, 5.41) is 14.1. The van der Waals surface area contributed by atoms with Crippen LogP contribution in [-0.2, 0) is 4.74 Å². The lowest BCUT2D eigenvalue weighted by atomic mass is 9.85. The number of hydrogen-bond donors (Lipinski definition) is 2. The first-order valence-electron chi connectivity index (χ1n) is 10.2. The molecule has 0 aromatic carbocycles. The molecule has 0 radical (unpaired) electrons. The fraction of sp³-hybridized carbons (Fsp3) is 0.947. The Morgan fingerprint density at radius 3 is 2.60 bits per heavy atom. The minimum absolute atomic E-state index is 0.537. The molecule has 0 spiro atoms. The predicted octanol–water partition coefficient (Wildman–Crippen LogP) is 1.30. The zero-order valence-electron chi connectivity index (χ0n) is 15.9. The average molecular weight is 353 g/mol. The molecule has 2 N–H and O–H groups in total. The molecule has 0 amide bonds. The third kappa shape index (κ3) is 5.56. The summed E-state index contributed by atoms with van der Waals surface area (Å²) in [6.07, 6.45) is 6.52. The van der Waals surface area contributed by atoms with Crippen molar-refractivity contribution in [2.45, 2.75) is 51.0 Å². The SMILES string of the molecule is CCNC(=NCC1(O)CCCCC1)N1CCN(CC2CCOC2)CC1. The van der Waals surface area contributed by atoms with E-state index in [1.54, 1.807) is 0 Å². The van der Waals surface area contributed by atoms with E-state index in [2.05, 4.69) is 22.0 Å². The zero-order valence-corrected chi connectivity index (χ0v) is 15.9. The number of nitrogens with one attached hydrogen (secondary N) is 1. The van der Waals surface area contributed by atoms with Crippen molar-refractivity contribution in [2.75, 3.05) is 59.0 Å². The monoisotopic (exact) mass is 352 g/mol. The maximum absolute atomic E-state index is 10.7. The van der Waals surface area contributed by atoms with Gasteiger partial charge in [0, 0.05) is 45.9 Å². The second-order valence-corrected chi connectivity index (χ2v) is 7.97. The first-order valence-corrected chi connectivity index (χ1v) is 10.2. The van der Waals surface area contributed by atoms with E-state index in [1.165, 1.54) is 19.4 Å². The minimum atomic E-state index is -0.580. The number of guanidine groups is 1. The van der Waals surface area contributed by atoms with Crippen LogP contribution in [0.4, 0.5) is 0 Å². The second kappa shape index (κ2) is 9.19. The van der Waals surface area contributed by atoms with Crippen molar-refractivity contribution < 1.29 is 9.84 Å². The van der Waals surface area contributed by atoms with Gasteiger partial charge in [-0.1, -0.05) is 19.3 Å². The summed E-state index contributed by atoms with van der Waals surface area (Å²) in [7, 11) is 0. The van der Waals surface area contributed by atoms with Crippen molar-refractivity contribution in [1.29, 1.82) is 0 Å². The molecule has 25 heavy (non-hydrogen) atoms. The fourth-order valence-electron chi connectivity index (χ4n) is 4.25. The summed E-state index contributed by atoms with van der Waals surface area (Å²) < 4.78 is 5.50. The van der Waals surface area contributed by atoms with Crippen molar-refractivity contribution in [3.63, 3.8) is 0 Å². The Kier molecular flexibility index (Phi) is 6.96. The van der Waals surface area contributed by atoms with Crippen LogP contribution in [0.5, 0.6) is 0 Å². The van der Waals surface area contributed by atoms with Gasteiger partial charge in [-0.2, -0.15) is 0 Å². The Morgan fingerprint density at radius 2 is 1.96 bits per heavy atom. The Hall–Kier alpha value is -0.850. The van der Waals surface area contributed by atoms with Crippen LogP contribution < -0.4 is 5.32 Å². The molecule has 1 unspecified atom stereocenters. The molecule has 1 saturated carbocycles. The number of ether oxygens (including phenoxy) is 1. The average Bonchev–Trinajstić information content (AvgIpc) is 3.13. The molecule has 2 aliphatic heterocycles. The molecule has 6 nitrogen and oxygen atoms in total. The third-order valence-electron chi connectivity index (χ3n) is 5.85. The number of rotatable bonds is 5. The van der Waals surface area contributed by atoms with E-state index in [1.807, 2.05) is 0 Å². The number of aliphatic imine (C=N–C) groups is 1. The normalized spacial score (nSPS) is 28.3. The smallest absolute Gasteiger partial charge is 0.194 e. The van der Waals surface area contributed by atoms with Gasteiger partial charge in [0.05, 0.1) is 18.8 Å². The molecule has 0 bridgehead atoms. The van der Waals surface area contributed by atoms with Gasteiger partial charge in [0.15, 0.2) is 5.96 Å². The van der Waals surface area contributed by atoms with Crippen LogP contribution in [0.25, 0.3) is 0 Å². The quantitative estimate of drug-likeness (QED) is 0.577. The van der Waals surface area contributed by atoms with Crippen LogP contribution in [0.1, 0.15) is 45.4 Å². The molecule has 3 rings (SSSR count). The van der Waals surface area contributed by atoms with Gasteiger partial charge in [0.25, 0.3) is 0 Å². The summed E-state index contributed by atoms with van der Waals surface area (Å²) in [5.74, 6) is 1.69. The van der Waals surface area contributed by atoms with Crippen LogP contribution in [0.15, 0.2) is 4.99 Å². The van der Waals surface area contributed by atoms with Gasteiger partial charge in [-0.3, -0.25) is 9.89 Å². The molecule has 2 heterocycles. The van der Waals surface area contributed by atoms with Crippen molar-refractivity contribution in [1.82, 2.24) is 15.1 Å². The first-order chi connectivity index (χ1) is 12.2. The van der Waals surface area contributed by atoms with E-state index in [4.69, 9.17) is 9.73 Å². The number of piperazine rings is 1. The van der Waals surface area contributed by atoms with Gasteiger partial charge >= 0.3 is 0 Å². The first kappa shape index (κ1) is 18.9. The van der Waals surface area contributed by atoms with Crippen LogP contribution in [0, 0.1) is 5.92 Å². The van der Waals surface area contributed by atoms with Gasteiger partial charge in [-0.05, 0) is 32.1 Å². The van der Waals surface area contributed by atoms with Crippen LogP contribution in [-0.4, -0.2) is 85.5 Å². The van der Waals surface area contributed by atoms with Crippen molar-refractivity contribution in [3.8, 4) is 0 Å². The molecule has 0 aromatic rings. The summed E-state index contributed by atoms with van der Waals surface area (Å²) >= 11 is 0. The predicted molar refractivity (Wildman–Crippen MR) is 101 cm³/mol. The lowest BCUT2D eigenvalue weighted by Crippen LogP contribution is -2.53. The van der Waals surface area contributed by atoms with Gasteiger partial charge < -0.3 is 20.1 Å². The highest BCUT2D eigenvalue weighted by atomic mass is 16.5. The molecule has 144 valence electrons. The van der Waals surface area contributed by atoms with E-state index in [0.29, 0.717) is 12.5 Å². The van der Waals surface area contributed by atoms with Gasteiger partial charge in [0.2, 0.25) is 0 Å². The summed E-state index contributed by atoms with van der Waals surface area (Å²) in [6.45, 7) is 10.8. The van der Waals surface area contributed by atoms with Crippen LogP contribution in [0.2, 0.25) is 0 Å². The molecule has 2 saturated heterocycles. The minimum Gasteiger partial charge on any atom is -0.388 e. The highest BCUT2D eigenvalue weighted by molar-refractivity contribution is 5.80. The molecule has 3 fully saturated rings. The van der Waals surface area contributed by atoms with Crippen LogP contribution in [0.3, 0.4) is 0 Å². The summed E-state index contributed by atoms with van der Waals surface area (Å²) in [4.78, 5) is 9.73. The molecule has 0 aromatic heterocycles. The third-order valence-corrected chi connectivity index (χ3v) is 5.85. The molecular formula is C19H36N4O2. The zero-order chi connectivity index (χ0) is 17.5. The van der Waals surface area contributed by atoms with Crippen molar-refractivity contribution in [2.24, 2.45) is 10.9 Å². The molecular weight excluding hydrogens is 316 g/mol. The molecule has 1 atom stereocenters. The van der Waals surface area contributed by atoms with Crippen molar-refractivity contribution >= 4 is 5.96 Å². The van der Waals surface area contributed by atoms with E-state index >= 15 is 0 Å². The lowest BCUT2D eigenvalue weighted by molar-refractivity contribution is 0.0128. The van der Waals surface area contributed by atoms with Gasteiger partial charge in [-0.15, -0.1) is 0 Å². The second-order valence-electron chi connectivity index (χ2n) is 7.97. The van der Waals surface area contributed by atoms with Gasteiger partial charge in [-0.25, -0.2) is 0 Å². The Bertz CT molecular complexity index is 423. The molecule has 1 aliphatic carbocycles. The number of aliphatic hydroxyl groups is 1. The standard InChI is InChI=1S/C19H36N4O2/c1-2-20-18(21-16-19(24)7-4-3-5-8-19)23-11-9-22(10-12-23)14-17-6-13-25-15-17/h17,24H,2-16H2,1H3,(H,20,21). The lowest BCUT2D eigenvalue weighted by Gasteiger charge is -2.38. The van der Waals surface area contributed by atoms with E-state index in [0.717, 1.165) is 77.6 Å². The topological polar surface area (TPSA) is 60.3 Å². The van der Waals surface area contributed by atoms with Crippen LogP contribution >= 0.6 is 0 Å². The fourth-order valence-corrected chi connectivity index (χ4v) is 4.25. The number of hydrogen-bond acceptors (Lipinski definition) is 4. The maximum Gasteiger partial charge on any atom is 0.194 e. The Labute approximate surface area is 152 Å². The molecule has 3 aliphatic rings. The van der Waals surface area contributed by atoms with E-state index in [9.17, 15) is 5.11 Å². The van der Waals surface area contributed by atoms with E-state index < -0.39 is 5.60 Å². The Morgan fingerprint density at radius 1 is 1.20 bits per heavy atom.